The molecule has 3 rings (SSSR count). The Labute approximate surface area is 131 Å². The molecule has 2 aromatic heterocycles. The highest BCUT2D eigenvalue weighted by Gasteiger charge is 2.24. The molecule has 1 aliphatic heterocycles. The van der Waals surface area contributed by atoms with Crippen LogP contribution < -0.4 is 0 Å². The van der Waals surface area contributed by atoms with Gasteiger partial charge in [-0.05, 0) is 38.3 Å². The Hall–Kier alpha value is -1.72. The van der Waals surface area contributed by atoms with Crippen LogP contribution >= 0.6 is 0 Å². The van der Waals surface area contributed by atoms with Crippen LogP contribution in [0, 0.1) is 20.8 Å². The molecule has 5 nitrogen and oxygen atoms in total. The van der Waals surface area contributed by atoms with Crippen molar-refractivity contribution in [1.82, 2.24) is 15.0 Å². The first-order valence-electron chi connectivity index (χ1n) is 7.78. The van der Waals surface area contributed by atoms with E-state index in [1.165, 1.54) is 11.1 Å². The maximum atomic E-state index is 6.04. The standard InChI is InChI=1S/C17H23N3O2/c1-12-6-15(8-18-7-12)9-20-5-4-16(10-20)21-11-17-13(2)19-22-14(17)3/h6-8,16H,4-5,9-11H2,1-3H3/t16-/m1/s1. The van der Waals surface area contributed by atoms with Gasteiger partial charge in [0.05, 0.1) is 18.4 Å². The third-order valence-corrected chi connectivity index (χ3v) is 4.21. The van der Waals surface area contributed by atoms with E-state index in [1.54, 1.807) is 0 Å². The number of likely N-dealkylation sites (tertiary alicyclic amines) is 1. The second kappa shape index (κ2) is 6.58. The predicted molar refractivity (Wildman–Crippen MR) is 83.4 cm³/mol. The van der Waals surface area contributed by atoms with Gasteiger partial charge in [0, 0.05) is 37.6 Å². The van der Waals surface area contributed by atoms with Gasteiger partial charge in [-0.15, -0.1) is 0 Å². The fraction of sp³-hybridized carbons (Fsp3) is 0.529. The van der Waals surface area contributed by atoms with Crippen LogP contribution in [0.3, 0.4) is 0 Å². The molecule has 0 aliphatic carbocycles. The lowest BCUT2D eigenvalue weighted by atomic mass is 10.2. The number of rotatable bonds is 5. The Balaban J connectivity index is 1.50. The van der Waals surface area contributed by atoms with Crippen LogP contribution in [0.4, 0.5) is 0 Å². The zero-order valence-corrected chi connectivity index (χ0v) is 13.5. The highest BCUT2D eigenvalue weighted by Crippen LogP contribution is 2.19. The maximum absolute atomic E-state index is 6.04. The predicted octanol–water partition coefficient (Wildman–Crippen LogP) is 2.79. The highest BCUT2D eigenvalue weighted by molar-refractivity contribution is 5.19. The van der Waals surface area contributed by atoms with Crippen molar-refractivity contribution in [3.05, 3.63) is 46.6 Å². The van der Waals surface area contributed by atoms with E-state index in [-0.39, 0.29) is 6.10 Å². The van der Waals surface area contributed by atoms with Gasteiger partial charge in [0.15, 0.2) is 0 Å². The summed E-state index contributed by atoms with van der Waals surface area (Å²) in [5, 5.41) is 3.97. The summed E-state index contributed by atoms with van der Waals surface area (Å²) >= 11 is 0. The molecule has 0 radical (unpaired) electrons. The van der Waals surface area contributed by atoms with Crippen LogP contribution in [-0.4, -0.2) is 34.2 Å². The lowest BCUT2D eigenvalue weighted by molar-refractivity contribution is 0.0453. The first-order valence-corrected chi connectivity index (χ1v) is 7.78. The molecule has 0 spiro atoms. The molecule has 3 heterocycles. The Morgan fingerprint density at radius 3 is 2.91 bits per heavy atom. The van der Waals surface area contributed by atoms with Gasteiger partial charge in [0.1, 0.15) is 5.76 Å². The van der Waals surface area contributed by atoms with Crippen molar-refractivity contribution in [3.8, 4) is 0 Å². The van der Waals surface area contributed by atoms with Crippen molar-refractivity contribution in [2.45, 2.75) is 46.4 Å². The lowest BCUT2D eigenvalue weighted by Gasteiger charge is -2.16. The Bertz CT molecular complexity index is 619. The molecule has 0 saturated carbocycles. The summed E-state index contributed by atoms with van der Waals surface area (Å²) in [5.41, 5.74) is 4.49. The zero-order valence-electron chi connectivity index (χ0n) is 13.5. The number of pyridine rings is 1. The molecule has 5 heteroatoms. The molecular formula is C17H23N3O2. The van der Waals surface area contributed by atoms with E-state index in [0.717, 1.165) is 43.1 Å². The van der Waals surface area contributed by atoms with Gasteiger partial charge in [-0.25, -0.2) is 0 Å². The van der Waals surface area contributed by atoms with Gasteiger partial charge in [0.25, 0.3) is 0 Å². The van der Waals surface area contributed by atoms with Gasteiger partial charge in [0.2, 0.25) is 0 Å². The molecule has 0 unspecified atom stereocenters. The number of aromatic nitrogens is 2. The normalized spacial score (nSPS) is 19.0. The van der Waals surface area contributed by atoms with Crippen LogP contribution in [0.2, 0.25) is 0 Å². The Kier molecular flexibility index (Phi) is 4.55. The first-order chi connectivity index (χ1) is 10.6. The fourth-order valence-corrected chi connectivity index (χ4v) is 2.95. The van der Waals surface area contributed by atoms with Crippen molar-refractivity contribution in [1.29, 1.82) is 0 Å². The summed E-state index contributed by atoms with van der Waals surface area (Å²) in [4.78, 5) is 6.68. The molecule has 1 atom stereocenters. The van der Waals surface area contributed by atoms with E-state index in [2.05, 4.69) is 28.0 Å². The highest BCUT2D eigenvalue weighted by atomic mass is 16.5. The smallest absolute Gasteiger partial charge is 0.139 e. The molecule has 1 aliphatic rings. The molecule has 118 valence electrons. The van der Waals surface area contributed by atoms with Crippen LogP contribution in [0.1, 0.15) is 34.6 Å². The van der Waals surface area contributed by atoms with Crippen molar-refractivity contribution in [2.24, 2.45) is 0 Å². The number of nitrogens with zero attached hydrogens (tertiary/aromatic N) is 3. The SMILES string of the molecule is Cc1cncc(CN2CC[C@@H](OCc3c(C)noc3C)C2)c1. The first kappa shape index (κ1) is 15.2. The van der Waals surface area contributed by atoms with Gasteiger partial charge in [-0.3, -0.25) is 9.88 Å². The van der Waals surface area contributed by atoms with Crippen molar-refractivity contribution < 1.29 is 9.26 Å². The van der Waals surface area contributed by atoms with E-state index in [1.807, 2.05) is 26.2 Å². The molecular weight excluding hydrogens is 278 g/mol. The van der Waals surface area contributed by atoms with E-state index in [0.29, 0.717) is 6.61 Å². The summed E-state index contributed by atoms with van der Waals surface area (Å²) in [6.07, 6.45) is 5.20. The Morgan fingerprint density at radius 1 is 1.32 bits per heavy atom. The van der Waals surface area contributed by atoms with Crippen molar-refractivity contribution in [2.75, 3.05) is 13.1 Å². The molecule has 0 bridgehead atoms. The average molecular weight is 301 g/mol. The summed E-state index contributed by atoms with van der Waals surface area (Å²) in [6, 6.07) is 2.20. The van der Waals surface area contributed by atoms with Gasteiger partial charge in [-0.1, -0.05) is 11.2 Å². The Morgan fingerprint density at radius 2 is 2.18 bits per heavy atom. The van der Waals surface area contributed by atoms with Gasteiger partial charge >= 0.3 is 0 Å². The summed E-state index contributed by atoms with van der Waals surface area (Å²) < 4.78 is 11.2. The molecule has 1 saturated heterocycles. The summed E-state index contributed by atoms with van der Waals surface area (Å²) in [5.74, 6) is 0.859. The van der Waals surface area contributed by atoms with Gasteiger partial charge < -0.3 is 9.26 Å². The minimum atomic E-state index is 0.284. The molecule has 0 amide bonds. The third-order valence-electron chi connectivity index (χ3n) is 4.21. The molecule has 0 N–H and O–H groups in total. The molecule has 22 heavy (non-hydrogen) atoms. The maximum Gasteiger partial charge on any atom is 0.139 e. The minimum absolute atomic E-state index is 0.284. The van der Waals surface area contributed by atoms with Crippen LogP contribution in [-0.2, 0) is 17.9 Å². The van der Waals surface area contributed by atoms with E-state index < -0.39 is 0 Å². The number of aryl methyl sites for hydroxylation is 3. The second-order valence-corrected chi connectivity index (χ2v) is 6.13. The van der Waals surface area contributed by atoms with Gasteiger partial charge in [-0.2, -0.15) is 0 Å². The minimum Gasteiger partial charge on any atom is -0.372 e. The molecule has 2 aromatic rings. The topological polar surface area (TPSA) is 51.4 Å². The second-order valence-electron chi connectivity index (χ2n) is 6.13. The fourth-order valence-electron chi connectivity index (χ4n) is 2.95. The zero-order chi connectivity index (χ0) is 15.5. The van der Waals surface area contributed by atoms with Crippen LogP contribution in [0.25, 0.3) is 0 Å². The molecule has 0 aromatic carbocycles. The van der Waals surface area contributed by atoms with E-state index >= 15 is 0 Å². The summed E-state index contributed by atoms with van der Waals surface area (Å²) in [7, 11) is 0. The average Bonchev–Trinajstić information content (AvgIpc) is 3.05. The summed E-state index contributed by atoms with van der Waals surface area (Å²) in [6.45, 7) is 9.55. The van der Waals surface area contributed by atoms with Crippen molar-refractivity contribution >= 4 is 0 Å². The third kappa shape index (κ3) is 3.54. The van der Waals surface area contributed by atoms with E-state index in [4.69, 9.17) is 9.26 Å². The molecule has 1 fully saturated rings. The van der Waals surface area contributed by atoms with E-state index in [9.17, 15) is 0 Å². The quantitative estimate of drug-likeness (QED) is 0.850. The lowest BCUT2D eigenvalue weighted by Crippen LogP contribution is -2.23. The monoisotopic (exact) mass is 301 g/mol. The largest absolute Gasteiger partial charge is 0.372 e. The van der Waals surface area contributed by atoms with Crippen molar-refractivity contribution in [3.63, 3.8) is 0 Å². The number of hydrogen-bond donors (Lipinski definition) is 0. The number of hydrogen-bond acceptors (Lipinski definition) is 5. The van der Waals surface area contributed by atoms with Crippen LogP contribution in [0.15, 0.2) is 23.0 Å². The number of ether oxygens (including phenoxy) is 1. The van der Waals surface area contributed by atoms with Crippen LogP contribution in [0.5, 0.6) is 0 Å².